The summed E-state index contributed by atoms with van der Waals surface area (Å²) in [5.41, 5.74) is 1.22. The first-order valence-corrected chi connectivity index (χ1v) is 4.95. The van der Waals surface area contributed by atoms with E-state index in [1.165, 1.54) is 13.0 Å². The molecule has 2 rings (SSSR count). The van der Waals surface area contributed by atoms with E-state index in [1.807, 2.05) is 0 Å². The molecular weight excluding hydrogens is 229 g/mol. The molecule has 5 heteroatoms. The van der Waals surface area contributed by atoms with Gasteiger partial charge < -0.3 is 0 Å². The van der Waals surface area contributed by atoms with Gasteiger partial charge in [-0.2, -0.15) is 13.2 Å². The van der Waals surface area contributed by atoms with Gasteiger partial charge in [-0.05, 0) is 13.0 Å². The number of hydrogen-bond acceptors (Lipinski definition) is 2. The number of halogens is 3. The number of aromatic nitrogens is 2. The highest BCUT2D eigenvalue weighted by molar-refractivity contribution is 5.59. The Hall–Kier alpha value is -1.91. The lowest BCUT2D eigenvalue weighted by molar-refractivity contribution is -0.145. The van der Waals surface area contributed by atoms with Gasteiger partial charge in [0.2, 0.25) is 5.82 Å². The van der Waals surface area contributed by atoms with Gasteiger partial charge in [-0.15, -0.1) is 0 Å². The summed E-state index contributed by atoms with van der Waals surface area (Å²) in [4.78, 5) is 6.93. The molecule has 0 unspecified atom stereocenters. The number of alkyl halides is 3. The van der Waals surface area contributed by atoms with Crippen molar-refractivity contribution in [1.29, 1.82) is 0 Å². The predicted octanol–water partition coefficient (Wildman–Crippen LogP) is 3.47. The van der Waals surface area contributed by atoms with Crippen molar-refractivity contribution in [2.24, 2.45) is 0 Å². The topological polar surface area (TPSA) is 25.8 Å². The normalized spacial score (nSPS) is 11.5. The molecule has 1 aromatic heterocycles. The third-order valence-corrected chi connectivity index (χ3v) is 2.18. The fourth-order valence-corrected chi connectivity index (χ4v) is 1.45. The average Bonchev–Trinajstić information content (AvgIpc) is 2.28. The van der Waals surface area contributed by atoms with Crippen LogP contribution in [0.2, 0.25) is 0 Å². The molecule has 17 heavy (non-hydrogen) atoms. The van der Waals surface area contributed by atoms with Crippen molar-refractivity contribution < 1.29 is 13.2 Å². The molecule has 0 aliphatic carbocycles. The smallest absolute Gasteiger partial charge is 0.230 e. The van der Waals surface area contributed by atoms with Crippen LogP contribution in [0.25, 0.3) is 11.3 Å². The van der Waals surface area contributed by atoms with Gasteiger partial charge in [-0.25, -0.2) is 9.97 Å². The van der Waals surface area contributed by atoms with Crippen molar-refractivity contribution in [3.05, 3.63) is 47.9 Å². The lowest BCUT2D eigenvalue weighted by Gasteiger charge is -2.08. The summed E-state index contributed by atoms with van der Waals surface area (Å²) in [6, 6.07) is 10.2. The van der Waals surface area contributed by atoms with Gasteiger partial charge >= 0.3 is 6.18 Å². The zero-order chi connectivity index (χ0) is 12.5. The lowest BCUT2D eigenvalue weighted by Crippen LogP contribution is -2.12. The van der Waals surface area contributed by atoms with Crippen LogP contribution < -0.4 is 0 Å². The largest absolute Gasteiger partial charge is 0.451 e. The molecule has 0 fully saturated rings. The third-order valence-electron chi connectivity index (χ3n) is 2.18. The molecule has 1 aromatic carbocycles. The Labute approximate surface area is 96.2 Å². The molecule has 2 nitrogen and oxygen atoms in total. The van der Waals surface area contributed by atoms with Crippen molar-refractivity contribution in [3.63, 3.8) is 0 Å². The minimum absolute atomic E-state index is 0.283. The van der Waals surface area contributed by atoms with Crippen LogP contribution in [0.4, 0.5) is 13.2 Å². The maximum atomic E-state index is 12.5. The number of hydrogen-bond donors (Lipinski definition) is 0. The number of nitrogens with zero attached hydrogens (tertiary/aromatic N) is 2. The van der Waals surface area contributed by atoms with Crippen LogP contribution in [0.15, 0.2) is 36.4 Å². The molecule has 0 radical (unpaired) electrons. The molecular formula is C12H9F3N2. The third kappa shape index (κ3) is 2.61. The molecule has 0 aliphatic rings. The van der Waals surface area contributed by atoms with Crippen LogP contribution in [-0.4, -0.2) is 9.97 Å². The summed E-state index contributed by atoms with van der Waals surface area (Å²) >= 11 is 0. The second-order valence-corrected chi connectivity index (χ2v) is 3.58. The molecule has 88 valence electrons. The zero-order valence-corrected chi connectivity index (χ0v) is 8.99. The molecule has 0 aliphatic heterocycles. The summed E-state index contributed by atoms with van der Waals surface area (Å²) in [6.07, 6.45) is -4.52. The van der Waals surface area contributed by atoms with Crippen LogP contribution in [0.3, 0.4) is 0 Å². The average molecular weight is 238 g/mol. The SMILES string of the molecule is Cc1cc(-c2ccccc2)nc(C(F)(F)F)n1. The van der Waals surface area contributed by atoms with Gasteiger partial charge in [0.05, 0.1) is 5.69 Å². The van der Waals surface area contributed by atoms with Gasteiger partial charge in [0.1, 0.15) is 0 Å². The van der Waals surface area contributed by atoms with Crippen molar-refractivity contribution in [2.45, 2.75) is 13.1 Å². The van der Waals surface area contributed by atoms with E-state index >= 15 is 0 Å². The first-order chi connectivity index (χ1) is 7.97. The highest BCUT2D eigenvalue weighted by Gasteiger charge is 2.35. The Balaban J connectivity index is 2.54. The van der Waals surface area contributed by atoms with Gasteiger partial charge in [-0.1, -0.05) is 30.3 Å². The summed E-state index contributed by atoms with van der Waals surface area (Å²) in [5.74, 6) is -1.10. The quantitative estimate of drug-likeness (QED) is 0.760. The van der Waals surface area contributed by atoms with Crippen LogP contribution in [-0.2, 0) is 6.18 Å². The van der Waals surface area contributed by atoms with Crippen molar-refractivity contribution in [2.75, 3.05) is 0 Å². The van der Waals surface area contributed by atoms with E-state index in [0.717, 1.165) is 0 Å². The summed E-state index contributed by atoms with van der Waals surface area (Å²) < 4.78 is 37.6. The van der Waals surface area contributed by atoms with Crippen LogP contribution >= 0.6 is 0 Å². The number of rotatable bonds is 1. The fourth-order valence-electron chi connectivity index (χ4n) is 1.45. The summed E-state index contributed by atoms with van der Waals surface area (Å²) in [5, 5.41) is 0. The van der Waals surface area contributed by atoms with E-state index in [9.17, 15) is 13.2 Å². The summed E-state index contributed by atoms with van der Waals surface area (Å²) in [7, 11) is 0. The molecule has 0 bridgehead atoms. The van der Waals surface area contributed by atoms with E-state index in [2.05, 4.69) is 9.97 Å². The van der Waals surface area contributed by atoms with Gasteiger partial charge in [-0.3, -0.25) is 0 Å². The molecule has 0 atom stereocenters. The van der Waals surface area contributed by atoms with Crippen LogP contribution in [0, 0.1) is 6.92 Å². The van der Waals surface area contributed by atoms with E-state index in [4.69, 9.17) is 0 Å². The Bertz CT molecular complexity index is 521. The molecule has 1 heterocycles. The van der Waals surface area contributed by atoms with Crippen LogP contribution in [0.1, 0.15) is 11.5 Å². The van der Waals surface area contributed by atoms with E-state index < -0.39 is 12.0 Å². The molecule has 0 spiro atoms. The maximum absolute atomic E-state index is 12.5. The van der Waals surface area contributed by atoms with Crippen molar-refractivity contribution >= 4 is 0 Å². The lowest BCUT2D eigenvalue weighted by atomic mass is 10.1. The number of aryl methyl sites for hydroxylation is 1. The van der Waals surface area contributed by atoms with Crippen LogP contribution in [0.5, 0.6) is 0 Å². The molecule has 0 saturated heterocycles. The van der Waals surface area contributed by atoms with E-state index in [1.54, 1.807) is 30.3 Å². The Morgan fingerprint density at radius 3 is 2.24 bits per heavy atom. The Morgan fingerprint density at radius 1 is 1.00 bits per heavy atom. The first kappa shape index (κ1) is 11.6. The number of benzene rings is 1. The maximum Gasteiger partial charge on any atom is 0.451 e. The van der Waals surface area contributed by atoms with Gasteiger partial charge in [0.15, 0.2) is 0 Å². The fraction of sp³-hybridized carbons (Fsp3) is 0.167. The highest BCUT2D eigenvalue weighted by atomic mass is 19.4. The van der Waals surface area contributed by atoms with E-state index in [-0.39, 0.29) is 5.69 Å². The first-order valence-electron chi connectivity index (χ1n) is 4.95. The molecule has 0 amide bonds. The second kappa shape index (κ2) is 4.16. The predicted molar refractivity (Wildman–Crippen MR) is 57.2 cm³/mol. The standard InChI is InChI=1S/C12H9F3N2/c1-8-7-10(9-5-3-2-4-6-9)17-11(16-8)12(13,14)15/h2-7H,1H3. The van der Waals surface area contributed by atoms with Crippen molar-refractivity contribution in [3.8, 4) is 11.3 Å². The molecule has 2 aromatic rings. The summed E-state index contributed by atoms with van der Waals surface area (Å²) in [6.45, 7) is 1.52. The minimum atomic E-state index is -4.52. The Kier molecular flexibility index (Phi) is 2.83. The molecule has 0 N–H and O–H groups in total. The van der Waals surface area contributed by atoms with E-state index in [0.29, 0.717) is 11.3 Å². The van der Waals surface area contributed by atoms with Gasteiger partial charge in [0, 0.05) is 11.3 Å². The van der Waals surface area contributed by atoms with Gasteiger partial charge in [0.25, 0.3) is 0 Å². The molecule has 0 saturated carbocycles. The van der Waals surface area contributed by atoms with Crippen molar-refractivity contribution in [1.82, 2.24) is 9.97 Å². The Morgan fingerprint density at radius 2 is 1.65 bits per heavy atom. The highest BCUT2D eigenvalue weighted by Crippen LogP contribution is 2.28. The monoisotopic (exact) mass is 238 g/mol. The minimum Gasteiger partial charge on any atom is -0.230 e. The zero-order valence-electron chi connectivity index (χ0n) is 8.99. The second-order valence-electron chi connectivity index (χ2n) is 3.58.